The summed E-state index contributed by atoms with van der Waals surface area (Å²) in [6.07, 6.45) is 6.43. The van der Waals surface area contributed by atoms with Gasteiger partial charge in [0.15, 0.2) is 0 Å². The van der Waals surface area contributed by atoms with Crippen LogP contribution in [0.3, 0.4) is 0 Å². The zero-order valence-corrected chi connectivity index (χ0v) is 27.5. The van der Waals surface area contributed by atoms with E-state index in [4.69, 9.17) is 19.3 Å². The van der Waals surface area contributed by atoms with Crippen LogP contribution in [0.5, 0.6) is 5.75 Å². The highest BCUT2D eigenvalue weighted by Crippen LogP contribution is 2.41. The van der Waals surface area contributed by atoms with Crippen LogP contribution in [0.2, 0.25) is 0 Å². The summed E-state index contributed by atoms with van der Waals surface area (Å²) < 4.78 is 38.5. The molecule has 0 radical (unpaired) electrons. The van der Waals surface area contributed by atoms with Gasteiger partial charge >= 0.3 is 5.97 Å². The number of nitrogens with zero attached hydrogens (tertiary/aromatic N) is 3. The van der Waals surface area contributed by atoms with Gasteiger partial charge in [0.25, 0.3) is 0 Å². The number of esters is 1. The maximum atomic E-state index is 16.4. The maximum absolute atomic E-state index is 16.4. The van der Waals surface area contributed by atoms with Gasteiger partial charge in [-0.15, -0.1) is 0 Å². The van der Waals surface area contributed by atoms with Crippen molar-refractivity contribution in [1.29, 1.82) is 0 Å². The molecule has 3 heterocycles. The molecule has 5 aromatic rings. The van der Waals surface area contributed by atoms with E-state index in [1.807, 2.05) is 49.7 Å². The number of hydrogen-bond donors (Lipinski definition) is 0. The lowest BCUT2D eigenvalue weighted by atomic mass is 9.91. The Balaban J connectivity index is 1.38. The van der Waals surface area contributed by atoms with Gasteiger partial charge < -0.3 is 18.8 Å². The molecule has 0 spiro atoms. The first-order valence-corrected chi connectivity index (χ1v) is 16.9. The van der Waals surface area contributed by atoms with Crippen LogP contribution in [0.1, 0.15) is 82.8 Å². The normalized spacial score (nSPS) is 14.2. The lowest BCUT2D eigenvalue weighted by Gasteiger charge is -2.19. The van der Waals surface area contributed by atoms with E-state index >= 15 is 4.39 Å². The SMILES string of the molecule is CCOC(=O)c1c(CCCOc2cccc3c2CCCC3)c2ccc(F)c3c2n1Cc1ccccc1COCc1c-3c(CC)nn1C. The number of hydrogen-bond acceptors (Lipinski definition) is 5. The van der Waals surface area contributed by atoms with Crippen molar-refractivity contribution in [1.82, 2.24) is 14.3 Å². The summed E-state index contributed by atoms with van der Waals surface area (Å²) in [7, 11) is 1.88. The lowest BCUT2D eigenvalue weighted by Crippen LogP contribution is -2.16. The van der Waals surface area contributed by atoms with Gasteiger partial charge in [-0.2, -0.15) is 5.10 Å². The number of fused-ring (bicyclic) bond motifs is 4. The van der Waals surface area contributed by atoms with E-state index in [1.54, 1.807) is 4.68 Å². The van der Waals surface area contributed by atoms with Crippen LogP contribution in [0.25, 0.3) is 22.0 Å². The van der Waals surface area contributed by atoms with E-state index in [0.717, 1.165) is 57.6 Å². The van der Waals surface area contributed by atoms with E-state index in [2.05, 4.69) is 24.3 Å². The molecular formula is C39H42FN3O4. The van der Waals surface area contributed by atoms with Crippen molar-refractivity contribution >= 4 is 16.9 Å². The summed E-state index contributed by atoms with van der Waals surface area (Å²) in [4.78, 5) is 13.9. The average Bonchev–Trinajstić information content (AvgIpc) is 3.56. The Bertz CT molecular complexity index is 1960. The second kappa shape index (κ2) is 13.4. The van der Waals surface area contributed by atoms with Crippen LogP contribution in [0.15, 0.2) is 54.6 Å². The Morgan fingerprint density at radius 3 is 2.60 bits per heavy atom. The van der Waals surface area contributed by atoms with Crippen LogP contribution in [0.4, 0.5) is 4.39 Å². The Hall–Kier alpha value is -4.43. The summed E-state index contributed by atoms with van der Waals surface area (Å²) in [6.45, 7) is 5.61. The van der Waals surface area contributed by atoms with Gasteiger partial charge in [0.1, 0.15) is 17.3 Å². The van der Waals surface area contributed by atoms with Gasteiger partial charge in [0, 0.05) is 30.1 Å². The van der Waals surface area contributed by atoms with Gasteiger partial charge in [-0.25, -0.2) is 9.18 Å². The quantitative estimate of drug-likeness (QED) is 0.128. The van der Waals surface area contributed by atoms with Gasteiger partial charge in [0.2, 0.25) is 0 Å². The molecule has 0 atom stereocenters. The minimum Gasteiger partial charge on any atom is -0.493 e. The highest BCUT2D eigenvalue weighted by molar-refractivity contribution is 6.05. The van der Waals surface area contributed by atoms with Crippen LogP contribution < -0.4 is 4.74 Å². The summed E-state index contributed by atoms with van der Waals surface area (Å²) in [5.41, 5.74) is 9.52. The molecule has 1 aliphatic heterocycles. The number of benzene rings is 3. The number of carbonyl (C=O) groups is 1. The second-order valence-corrected chi connectivity index (χ2v) is 12.5. The van der Waals surface area contributed by atoms with Gasteiger partial charge in [-0.3, -0.25) is 4.68 Å². The predicted molar refractivity (Wildman–Crippen MR) is 180 cm³/mol. The fourth-order valence-electron chi connectivity index (χ4n) is 7.49. The third-order valence-electron chi connectivity index (χ3n) is 9.69. The molecule has 1 aliphatic carbocycles. The number of carbonyl (C=O) groups excluding carboxylic acids is 1. The maximum Gasteiger partial charge on any atom is 0.355 e. The van der Waals surface area contributed by atoms with Gasteiger partial charge in [0.05, 0.1) is 43.3 Å². The summed E-state index contributed by atoms with van der Waals surface area (Å²) >= 11 is 0. The highest BCUT2D eigenvalue weighted by Gasteiger charge is 2.31. The molecule has 0 N–H and O–H groups in total. The topological polar surface area (TPSA) is 67.5 Å². The highest BCUT2D eigenvalue weighted by atomic mass is 19.1. The molecule has 3 aromatic carbocycles. The van der Waals surface area contributed by atoms with Crippen LogP contribution in [-0.2, 0) is 62.0 Å². The molecule has 0 bridgehead atoms. The van der Waals surface area contributed by atoms with E-state index in [0.29, 0.717) is 55.8 Å². The molecule has 8 heteroatoms. The zero-order chi connectivity index (χ0) is 32.5. The number of rotatable bonds is 8. The third kappa shape index (κ3) is 5.73. The first-order chi connectivity index (χ1) is 23.0. The molecule has 244 valence electrons. The molecule has 0 saturated heterocycles. The van der Waals surface area contributed by atoms with E-state index in [9.17, 15) is 4.79 Å². The van der Waals surface area contributed by atoms with Crippen LogP contribution in [0, 0.1) is 5.82 Å². The molecule has 2 aliphatic rings. The van der Waals surface area contributed by atoms with Gasteiger partial charge in [-0.05, 0) is 97.9 Å². The molecule has 0 saturated carbocycles. The van der Waals surface area contributed by atoms with Crippen molar-refractivity contribution in [2.75, 3.05) is 13.2 Å². The number of aryl methyl sites for hydroxylation is 4. The first-order valence-electron chi connectivity index (χ1n) is 16.9. The summed E-state index contributed by atoms with van der Waals surface area (Å²) in [5.74, 6) is 0.199. The van der Waals surface area contributed by atoms with Crippen LogP contribution in [-0.4, -0.2) is 33.5 Å². The molecule has 0 amide bonds. The first kappa shape index (κ1) is 31.2. The van der Waals surface area contributed by atoms with Crippen molar-refractivity contribution in [2.45, 2.75) is 78.6 Å². The predicted octanol–water partition coefficient (Wildman–Crippen LogP) is 7.89. The van der Waals surface area contributed by atoms with Gasteiger partial charge in [-0.1, -0.05) is 43.3 Å². The second-order valence-electron chi connectivity index (χ2n) is 12.5. The molecule has 7 nitrogen and oxygen atoms in total. The summed E-state index contributed by atoms with van der Waals surface area (Å²) in [5, 5.41) is 5.63. The number of aromatic nitrogens is 3. The molecular weight excluding hydrogens is 593 g/mol. The number of halogens is 1. The monoisotopic (exact) mass is 635 g/mol. The fourth-order valence-corrected chi connectivity index (χ4v) is 7.49. The van der Waals surface area contributed by atoms with Crippen molar-refractivity contribution < 1.29 is 23.4 Å². The summed E-state index contributed by atoms with van der Waals surface area (Å²) in [6, 6.07) is 17.8. The van der Waals surface area contributed by atoms with E-state index < -0.39 is 5.97 Å². The van der Waals surface area contributed by atoms with Crippen molar-refractivity contribution in [3.05, 3.63) is 105 Å². The third-order valence-corrected chi connectivity index (χ3v) is 9.69. The molecule has 2 aromatic heterocycles. The standard InChI is InChI=1S/C39H42FN3O4/c1-4-32-36-33(42(3)41-32)24-45-23-27-14-7-6-13-26(27)22-43-37-30(19-20-31(40)35(36)37)29(38(43)39(44)46-5-2)17-11-21-47-34-18-10-15-25-12-8-9-16-28(25)34/h6-7,10,13-15,18-20H,4-5,8-9,11-12,16-17,21-24H2,1-3H3. The molecule has 0 unspecified atom stereocenters. The van der Waals surface area contributed by atoms with E-state index in [-0.39, 0.29) is 19.0 Å². The molecule has 7 rings (SSSR count). The fraction of sp³-hybridized carbons (Fsp3) is 0.385. The Morgan fingerprint density at radius 2 is 1.77 bits per heavy atom. The number of ether oxygens (including phenoxy) is 3. The van der Waals surface area contributed by atoms with E-state index in [1.165, 1.54) is 30.0 Å². The minimum absolute atomic E-state index is 0.237. The molecule has 47 heavy (non-hydrogen) atoms. The smallest absolute Gasteiger partial charge is 0.355 e. The largest absolute Gasteiger partial charge is 0.493 e. The van der Waals surface area contributed by atoms with Crippen LogP contribution >= 0.6 is 0 Å². The lowest BCUT2D eigenvalue weighted by molar-refractivity contribution is 0.0513. The molecule has 0 fully saturated rings. The minimum atomic E-state index is -0.408. The Labute approximate surface area is 275 Å². The van der Waals surface area contributed by atoms with Crippen molar-refractivity contribution in [3.8, 4) is 16.9 Å². The Morgan fingerprint density at radius 1 is 0.957 bits per heavy atom. The Kier molecular flexibility index (Phi) is 8.86. The van der Waals surface area contributed by atoms with Crippen molar-refractivity contribution in [2.24, 2.45) is 7.05 Å². The average molecular weight is 636 g/mol. The zero-order valence-electron chi connectivity index (χ0n) is 27.5. The van der Waals surface area contributed by atoms with Crippen molar-refractivity contribution in [3.63, 3.8) is 0 Å².